The summed E-state index contributed by atoms with van der Waals surface area (Å²) >= 11 is 0. The summed E-state index contributed by atoms with van der Waals surface area (Å²) in [4.78, 5) is 0. The number of rotatable bonds is 4. The fraction of sp³-hybridized carbons (Fsp3) is 0.300. The van der Waals surface area contributed by atoms with E-state index in [1.165, 1.54) is 12.1 Å². The zero-order valence-electron chi connectivity index (χ0n) is 14.5. The molecule has 2 aromatic rings. The number of phenolic OH excluding ortho intramolecular Hbond substituents is 3. The summed E-state index contributed by atoms with van der Waals surface area (Å²) in [5.41, 5.74) is 3.34. The van der Waals surface area contributed by atoms with Crippen molar-refractivity contribution in [1.29, 1.82) is 0 Å². The smallest absolute Gasteiger partial charge is 0.133 e. The first kappa shape index (κ1) is 17.0. The van der Waals surface area contributed by atoms with Crippen molar-refractivity contribution in [3.63, 3.8) is 0 Å². The van der Waals surface area contributed by atoms with Crippen molar-refractivity contribution in [2.75, 3.05) is 7.11 Å². The molecule has 0 saturated heterocycles. The van der Waals surface area contributed by atoms with E-state index in [-0.39, 0.29) is 17.2 Å². The molecule has 2 aromatic carbocycles. The summed E-state index contributed by atoms with van der Waals surface area (Å²) in [6.07, 6.45) is 2.71. The van der Waals surface area contributed by atoms with Gasteiger partial charge in [0.05, 0.1) is 7.11 Å². The van der Waals surface area contributed by atoms with Gasteiger partial charge in [0.15, 0.2) is 0 Å². The zero-order valence-corrected chi connectivity index (χ0v) is 14.5. The van der Waals surface area contributed by atoms with Crippen molar-refractivity contribution in [3.8, 4) is 28.7 Å². The van der Waals surface area contributed by atoms with Gasteiger partial charge in [0.25, 0.3) is 0 Å². The molecule has 1 unspecified atom stereocenters. The summed E-state index contributed by atoms with van der Waals surface area (Å²) in [7, 11) is 1.58. The standard InChI is InChI=1S/C20H22O5/c1-11(2)4-6-14-17(23)10-19-15(20(14)24-3)9-18(25-19)13-7-5-12(21)8-16(13)22/h4-5,7-8,10,18,21-23H,6,9H2,1-3H3. The molecule has 1 aliphatic heterocycles. The Balaban J connectivity index is 1.99. The van der Waals surface area contributed by atoms with E-state index in [0.717, 1.165) is 16.7 Å². The molecule has 3 N–H and O–H groups in total. The second-order valence-electron chi connectivity index (χ2n) is 6.42. The number of fused-ring (bicyclic) bond motifs is 1. The minimum atomic E-state index is -0.400. The first-order valence-corrected chi connectivity index (χ1v) is 8.14. The number of aromatic hydroxyl groups is 3. The first-order valence-electron chi connectivity index (χ1n) is 8.14. The van der Waals surface area contributed by atoms with Crippen LogP contribution in [-0.4, -0.2) is 22.4 Å². The fourth-order valence-electron chi connectivity index (χ4n) is 3.12. The van der Waals surface area contributed by atoms with Crippen LogP contribution in [-0.2, 0) is 12.8 Å². The molecule has 1 aliphatic rings. The van der Waals surface area contributed by atoms with E-state index < -0.39 is 6.10 Å². The molecular weight excluding hydrogens is 320 g/mol. The van der Waals surface area contributed by atoms with Gasteiger partial charge in [-0.25, -0.2) is 0 Å². The van der Waals surface area contributed by atoms with E-state index in [9.17, 15) is 15.3 Å². The number of hydrogen-bond acceptors (Lipinski definition) is 5. The van der Waals surface area contributed by atoms with E-state index in [4.69, 9.17) is 9.47 Å². The molecule has 0 fully saturated rings. The van der Waals surface area contributed by atoms with Gasteiger partial charge in [-0.2, -0.15) is 0 Å². The Kier molecular flexibility index (Phi) is 4.49. The molecule has 0 saturated carbocycles. The highest BCUT2D eigenvalue weighted by molar-refractivity contribution is 5.60. The monoisotopic (exact) mass is 342 g/mol. The van der Waals surface area contributed by atoms with E-state index in [1.54, 1.807) is 19.2 Å². The molecule has 0 radical (unpaired) electrons. The van der Waals surface area contributed by atoms with E-state index >= 15 is 0 Å². The van der Waals surface area contributed by atoms with Crippen LogP contribution in [0.1, 0.15) is 36.6 Å². The van der Waals surface area contributed by atoms with Gasteiger partial charge in [-0.15, -0.1) is 0 Å². The van der Waals surface area contributed by atoms with Crippen LogP contribution in [0, 0.1) is 0 Å². The summed E-state index contributed by atoms with van der Waals surface area (Å²) in [6.45, 7) is 4.01. The molecule has 5 heteroatoms. The lowest BCUT2D eigenvalue weighted by molar-refractivity contribution is 0.232. The topological polar surface area (TPSA) is 79.2 Å². The van der Waals surface area contributed by atoms with Crippen LogP contribution < -0.4 is 9.47 Å². The quantitative estimate of drug-likeness (QED) is 0.732. The molecule has 1 atom stereocenters. The van der Waals surface area contributed by atoms with E-state index in [2.05, 4.69) is 0 Å². The highest BCUT2D eigenvalue weighted by atomic mass is 16.5. The van der Waals surface area contributed by atoms with Crippen molar-refractivity contribution in [2.45, 2.75) is 32.8 Å². The molecule has 1 heterocycles. The van der Waals surface area contributed by atoms with Crippen molar-refractivity contribution >= 4 is 0 Å². The second-order valence-corrected chi connectivity index (χ2v) is 6.42. The molecule has 5 nitrogen and oxygen atoms in total. The van der Waals surface area contributed by atoms with Crippen LogP contribution >= 0.6 is 0 Å². The number of hydrogen-bond donors (Lipinski definition) is 3. The van der Waals surface area contributed by atoms with Crippen molar-refractivity contribution < 1.29 is 24.8 Å². The summed E-state index contributed by atoms with van der Waals surface area (Å²) in [5.74, 6) is 1.27. The van der Waals surface area contributed by atoms with Crippen LogP contribution in [0.15, 0.2) is 35.9 Å². The average molecular weight is 342 g/mol. The normalized spacial score (nSPS) is 15.4. The molecule has 0 amide bonds. The summed E-state index contributed by atoms with van der Waals surface area (Å²) in [5, 5.41) is 29.9. The minimum absolute atomic E-state index is 0.00371. The highest BCUT2D eigenvalue weighted by Gasteiger charge is 2.31. The zero-order chi connectivity index (χ0) is 18.1. The van der Waals surface area contributed by atoms with Gasteiger partial charge in [0.2, 0.25) is 0 Å². The Bertz CT molecular complexity index is 834. The first-order chi connectivity index (χ1) is 11.9. The van der Waals surface area contributed by atoms with Gasteiger partial charge < -0.3 is 24.8 Å². The lowest BCUT2D eigenvalue weighted by atomic mass is 9.98. The number of methoxy groups -OCH3 is 1. The third-order valence-electron chi connectivity index (χ3n) is 4.36. The van der Waals surface area contributed by atoms with Gasteiger partial charge in [0, 0.05) is 35.2 Å². The molecule has 0 aliphatic carbocycles. The largest absolute Gasteiger partial charge is 0.508 e. The number of benzene rings is 2. The van der Waals surface area contributed by atoms with Crippen molar-refractivity contribution in [2.24, 2.45) is 0 Å². The predicted molar refractivity (Wildman–Crippen MR) is 94.6 cm³/mol. The minimum Gasteiger partial charge on any atom is -0.508 e. The van der Waals surface area contributed by atoms with Crippen LogP contribution in [0.2, 0.25) is 0 Å². The van der Waals surface area contributed by atoms with Crippen LogP contribution in [0.5, 0.6) is 28.7 Å². The Morgan fingerprint density at radius 2 is 1.96 bits per heavy atom. The Labute approximate surface area is 146 Å². The second kappa shape index (κ2) is 6.59. The average Bonchev–Trinajstić information content (AvgIpc) is 2.95. The Hall–Kier alpha value is -2.82. The predicted octanol–water partition coefficient (Wildman–Crippen LogP) is 4.00. The van der Waals surface area contributed by atoms with Gasteiger partial charge in [0.1, 0.15) is 34.9 Å². The van der Waals surface area contributed by atoms with Crippen molar-refractivity contribution in [1.82, 2.24) is 0 Å². The van der Waals surface area contributed by atoms with E-state index in [0.29, 0.717) is 29.9 Å². The van der Waals surface area contributed by atoms with Gasteiger partial charge in [-0.3, -0.25) is 0 Å². The van der Waals surface area contributed by atoms with Gasteiger partial charge in [-0.1, -0.05) is 11.6 Å². The summed E-state index contributed by atoms with van der Waals surface area (Å²) in [6, 6.07) is 6.04. The third-order valence-corrected chi connectivity index (χ3v) is 4.36. The molecule has 132 valence electrons. The third kappa shape index (κ3) is 3.22. The maximum Gasteiger partial charge on any atom is 0.133 e. The Morgan fingerprint density at radius 1 is 1.20 bits per heavy atom. The Morgan fingerprint density at radius 3 is 2.60 bits per heavy atom. The van der Waals surface area contributed by atoms with Crippen LogP contribution in [0.3, 0.4) is 0 Å². The molecule has 0 aromatic heterocycles. The molecule has 0 bridgehead atoms. The lowest BCUT2D eigenvalue weighted by Gasteiger charge is -2.13. The van der Waals surface area contributed by atoms with Gasteiger partial charge in [-0.05, 0) is 32.4 Å². The van der Waals surface area contributed by atoms with E-state index in [1.807, 2.05) is 19.9 Å². The molecule has 25 heavy (non-hydrogen) atoms. The lowest BCUT2D eigenvalue weighted by Crippen LogP contribution is -2.03. The van der Waals surface area contributed by atoms with Gasteiger partial charge >= 0.3 is 0 Å². The van der Waals surface area contributed by atoms with Crippen LogP contribution in [0.25, 0.3) is 0 Å². The molecule has 3 rings (SSSR count). The molecular formula is C20H22O5. The summed E-state index contributed by atoms with van der Waals surface area (Å²) < 4.78 is 11.5. The number of ether oxygens (including phenoxy) is 2. The fourth-order valence-corrected chi connectivity index (χ4v) is 3.12. The maximum atomic E-state index is 10.4. The van der Waals surface area contributed by atoms with Crippen LogP contribution in [0.4, 0.5) is 0 Å². The van der Waals surface area contributed by atoms with Crippen molar-refractivity contribution in [3.05, 3.63) is 52.6 Å². The molecule has 0 spiro atoms. The maximum absolute atomic E-state index is 10.4. The SMILES string of the molecule is COc1c(CC=C(C)C)c(O)cc2c1CC(c1ccc(O)cc1O)O2. The number of allylic oxidation sites excluding steroid dienone is 2. The number of phenols is 3. The highest BCUT2D eigenvalue weighted by Crippen LogP contribution is 2.48.